The molecule has 0 aromatic carbocycles. The molecule has 25 heavy (non-hydrogen) atoms. The quantitative estimate of drug-likeness (QED) is 0.417. The molecule has 0 unspecified atom stereocenters. The molecule has 142 valence electrons. The van der Waals surface area contributed by atoms with E-state index < -0.39 is 5.60 Å². The summed E-state index contributed by atoms with van der Waals surface area (Å²) in [5.41, 5.74) is 3.17. The van der Waals surface area contributed by atoms with Crippen LogP contribution in [0.3, 0.4) is 0 Å². The number of nitrogens with zero attached hydrogens (tertiary/aromatic N) is 1. The summed E-state index contributed by atoms with van der Waals surface area (Å²) in [7, 11) is 0. The van der Waals surface area contributed by atoms with Crippen LogP contribution in [0, 0.1) is 0 Å². The number of hydrogen-bond donors (Lipinski definition) is 1. The number of ether oxygens (including phenoxy) is 1. The topological polar surface area (TPSA) is 41.6 Å². The summed E-state index contributed by atoms with van der Waals surface area (Å²) in [6, 6.07) is 0. The van der Waals surface area contributed by atoms with Gasteiger partial charge in [-0.05, 0) is 52.9 Å². The second-order valence-electron chi connectivity index (χ2n) is 7.92. The number of unbranched alkanes of at least 4 members (excludes halogenated alkanes) is 4. The van der Waals surface area contributed by atoms with Crippen LogP contribution in [-0.4, -0.2) is 29.7 Å². The average molecular weight is 349 g/mol. The number of carbonyl (C=O) groups excluding carboxylic acids is 1. The van der Waals surface area contributed by atoms with E-state index in [1.807, 2.05) is 20.8 Å². The van der Waals surface area contributed by atoms with E-state index in [1.165, 1.54) is 36.2 Å². The van der Waals surface area contributed by atoms with Crippen molar-refractivity contribution in [1.29, 1.82) is 0 Å². The molecule has 1 saturated heterocycles. The number of hydrogen-bond acceptors (Lipinski definition) is 3. The van der Waals surface area contributed by atoms with Crippen molar-refractivity contribution >= 4 is 6.09 Å². The Balaban J connectivity index is 1.98. The molecule has 1 heterocycles. The molecule has 1 fully saturated rings. The molecular formula is C21H36N2O2. The van der Waals surface area contributed by atoms with Crippen LogP contribution in [0.5, 0.6) is 0 Å². The maximum absolute atomic E-state index is 11.5. The van der Waals surface area contributed by atoms with Crippen LogP contribution in [0.4, 0.5) is 4.79 Å². The van der Waals surface area contributed by atoms with Gasteiger partial charge in [0.05, 0.1) is 0 Å². The van der Waals surface area contributed by atoms with Crippen molar-refractivity contribution in [2.45, 2.75) is 77.7 Å². The molecule has 4 nitrogen and oxygen atoms in total. The summed E-state index contributed by atoms with van der Waals surface area (Å²) in [5, 5.41) is 2.80. The van der Waals surface area contributed by atoms with E-state index in [0.717, 1.165) is 38.6 Å². The Labute approximate surface area is 154 Å². The highest BCUT2D eigenvalue weighted by atomic mass is 16.6. The summed E-state index contributed by atoms with van der Waals surface area (Å²) < 4.78 is 5.20. The van der Waals surface area contributed by atoms with Crippen molar-refractivity contribution in [3.05, 3.63) is 36.7 Å². The number of carbonyl (C=O) groups is 1. The van der Waals surface area contributed by atoms with Gasteiger partial charge in [0.25, 0.3) is 0 Å². The van der Waals surface area contributed by atoms with E-state index >= 15 is 0 Å². The second kappa shape index (κ2) is 10.3. The summed E-state index contributed by atoms with van der Waals surface area (Å²) in [5.74, 6) is 0. The van der Waals surface area contributed by atoms with Crippen LogP contribution in [0.15, 0.2) is 36.7 Å². The summed E-state index contributed by atoms with van der Waals surface area (Å²) in [6.45, 7) is 19.6. The molecule has 0 spiro atoms. The number of allylic oxidation sites excluding steroid dienone is 2. The van der Waals surface area contributed by atoms with Gasteiger partial charge in [0.2, 0.25) is 0 Å². The Kier molecular flexibility index (Phi) is 8.81. The molecule has 4 heteroatoms. The fourth-order valence-electron chi connectivity index (χ4n) is 2.84. The van der Waals surface area contributed by atoms with Crippen LogP contribution in [-0.2, 0) is 4.74 Å². The first-order valence-electron chi connectivity index (χ1n) is 9.45. The van der Waals surface area contributed by atoms with Crippen LogP contribution >= 0.6 is 0 Å². The van der Waals surface area contributed by atoms with Crippen LogP contribution in [0.1, 0.15) is 72.1 Å². The molecule has 0 radical (unpaired) electrons. The van der Waals surface area contributed by atoms with Gasteiger partial charge in [0.15, 0.2) is 0 Å². The molecule has 1 rings (SSSR count). The monoisotopic (exact) mass is 348 g/mol. The Hall–Kier alpha value is -1.71. The van der Waals surface area contributed by atoms with Gasteiger partial charge >= 0.3 is 6.09 Å². The van der Waals surface area contributed by atoms with Crippen LogP contribution in [0.25, 0.3) is 0 Å². The lowest BCUT2D eigenvalue weighted by Crippen LogP contribution is -2.32. The predicted octanol–water partition coefficient (Wildman–Crippen LogP) is 5.53. The van der Waals surface area contributed by atoms with Crippen molar-refractivity contribution in [2.75, 3.05) is 13.1 Å². The largest absolute Gasteiger partial charge is 0.444 e. The van der Waals surface area contributed by atoms with E-state index in [-0.39, 0.29) is 6.09 Å². The van der Waals surface area contributed by atoms with Crippen molar-refractivity contribution in [3.8, 4) is 0 Å². The van der Waals surface area contributed by atoms with E-state index in [4.69, 9.17) is 4.74 Å². The maximum Gasteiger partial charge on any atom is 0.407 e. The van der Waals surface area contributed by atoms with Crippen LogP contribution < -0.4 is 5.32 Å². The third-order valence-corrected chi connectivity index (χ3v) is 4.22. The number of alkyl carbamates (subject to hydrolysis) is 1. The first kappa shape index (κ1) is 21.3. The molecule has 0 atom stereocenters. The molecule has 0 saturated carbocycles. The van der Waals surface area contributed by atoms with Crippen molar-refractivity contribution in [2.24, 2.45) is 0 Å². The molecule has 0 aliphatic carbocycles. The van der Waals surface area contributed by atoms with Crippen LogP contribution in [0.2, 0.25) is 0 Å². The first-order chi connectivity index (χ1) is 11.7. The second-order valence-corrected chi connectivity index (χ2v) is 7.92. The number of rotatable bonds is 10. The highest BCUT2D eigenvalue weighted by Crippen LogP contribution is 2.29. The molecule has 1 amide bonds. The Morgan fingerprint density at radius 1 is 1.08 bits per heavy atom. The maximum atomic E-state index is 11.5. The molecule has 1 N–H and O–H groups in total. The Bertz CT molecular complexity index is 473. The molecule has 1 aliphatic rings. The molecule has 0 aromatic rings. The highest BCUT2D eigenvalue weighted by Gasteiger charge is 2.19. The van der Waals surface area contributed by atoms with E-state index in [2.05, 4.69) is 30.0 Å². The van der Waals surface area contributed by atoms with Gasteiger partial charge in [0, 0.05) is 24.5 Å². The predicted molar refractivity (Wildman–Crippen MR) is 105 cm³/mol. The van der Waals surface area contributed by atoms with E-state index in [0.29, 0.717) is 6.54 Å². The minimum atomic E-state index is -0.430. The lowest BCUT2D eigenvalue weighted by molar-refractivity contribution is 0.0527. The lowest BCUT2D eigenvalue weighted by atomic mass is 10.1. The van der Waals surface area contributed by atoms with Crippen molar-refractivity contribution in [1.82, 2.24) is 10.2 Å². The van der Waals surface area contributed by atoms with Gasteiger partial charge < -0.3 is 15.0 Å². The van der Waals surface area contributed by atoms with Crippen molar-refractivity contribution in [3.63, 3.8) is 0 Å². The summed E-state index contributed by atoms with van der Waals surface area (Å²) >= 11 is 0. The summed E-state index contributed by atoms with van der Waals surface area (Å²) in [4.78, 5) is 13.7. The third-order valence-electron chi connectivity index (χ3n) is 4.22. The first-order valence-corrected chi connectivity index (χ1v) is 9.45. The Morgan fingerprint density at radius 3 is 2.24 bits per heavy atom. The van der Waals surface area contributed by atoms with Crippen molar-refractivity contribution < 1.29 is 9.53 Å². The highest BCUT2D eigenvalue weighted by molar-refractivity contribution is 5.67. The van der Waals surface area contributed by atoms with E-state index in [1.54, 1.807) is 0 Å². The zero-order valence-electron chi connectivity index (χ0n) is 16.5. The average Bonchev–Trinajstić information content (AvgIpc) is 2.80. The number of amides is 1. The molecular weight excluding hydrogens is 312 g/mol. The molecule has 0 aromatic heterocycles. The van der Waals surface area contributed by atoms with Gasteiger partial charge in [0.1, 0.15) is 5.60 Å². The fourth-order valence-corrected chi connectivity index (χ4v) is 2.84. The zero-order chi connectivity index (χ0) is 18.9. The Morgan fingerprint density at radius 2 is 1.64 bits per heavy atom. The minimum Gasteiger partial charge on any atom is -0.444 e. The van der Waals surface area contributed by atoms with Gasteiger partial charge in [-0.25, -0.2) is 4.79 Å². The summed E-state index contributed by atoms with van der Waals surface area (Å²) in [6.07, 6.45) is 8.48. The van der Waals surface area contributed by atoms with Gasteiger partial charge in [-0.2, -0.15) is 0 Å². The smallest absolute Gasteiger partial charge is 0.407 e. The SMILES string of the molecule is C=C(CCCCCCCNC(=O)OC(C)(C)C)CN1C(=C)CCC1=C. The number of nitrogens with one attached hydrogen (secondary N) is 1. The van der Waals surface area contributed by atoms with E-state index in [9.17, 15) is 4.79 Å². The molecule has 1 aliphatic heterocycles. The van der Waals surface area contributed by atoms with Gasteiger partial charge in [-0.15, -0.1) is 0 Å². The zero-order valence-corrected chi connectivity index (χ0v) is 16.5. The lowest BCUT2D eigenvalue weighted by Gasteiger charge is -2.22. The van der Waals surface area contributed by atoms with Gasteiger partial charge in [-0.3, -0.25) is 0 Å². The third kappa shape index (κ3) is 9.37. The van der Waals surface area contributed by atoms with Gasteiger partial charge in [-0.1, -0.05) is 44.6 Å². The fraction of sp³-hybridized carbons (Fsp3) is 0.667. The number of likely N-dealkylation sites (tertiary alicyclic amines) is 1. The normalized spacial score (nSPS) is 14.8. The minimum absolute atomic E-state index is 0.325. The molecule has 0 bridgehead atoms. The standard InChI is InChI=1S/C21H36N2O2/c1-17(16-23-18(2)13-14-19(23)3)12-10-8-7-9-11-15-22-20(24)25-21(4,5)6/h1-3,7-16H2,4-6H3,(H,22,24).